The van der Waals surface area contributed by atoms with Gasteiger partial charge in [-0.05, 0) is 33.2 Å². The SMILES string of the molecule is C/C=[PH](/O)C(CCC)CCCC. The second-order valence-corrected chi connectivity index (χ2v) is 5.58. The average molecular weight is 190 g/mol. The zero-order chi connectivity index (χ0) is 9.40. The molecule has 0 aliphatic rings. The fourth-order valence-corrected chi connectivity index (χ4v) is 3.03. The maximum absolute atomic E-state index is 9.72. The molecule has 0 bridgehead atoms. The van der Waals surface area contributed by atoms with E-state index in [1.807, 2.05) is 12.7 Å². The molecule has 2 atom stereocenters. The third-order valence-corrected chi connectivity index (χ3v) is 4.26. The molecule has 0 aliphatic heterocycles. The Morgan fingerprint density at radius 3 is 2.33 bits per heavy atom. The van der Waals surface area contributed by atoms with Gasteiger partial charge >= 0.3 is 0 Å². The fourth-order valence-electron chi connectivity index (χ4n) is 1.47. The van der Waals surface area contributed by atoms with Crippen molar-refractivity contribution in [1.29, 1.82) is 0 Å². The van der Waals surface area contributed by atoms with Gasteiger partial charge in [-0.15, -0.1) is 0 Å². The molecule has 0 amide bonds. The van der Waals surface area contributed by atoms with Gasteiger partial charge in [0.25, 0.3) is 0 Å². The minimum Gasteiger partial charge on any atom is -0.379 e. The van der Waals surface area contributed by atoms with Crippen LogP contribution in [0.1, 0.15) is 52.9 Å². The Morgan fingerprint density at radius 2 is 1.92 bits per heavy atom. The van der Waals surface area contributed by atoms with Crippen molar-refractivity contribution in [3.05, 3.63) is 0 Å². The first-order valence-electron chi connectivity index (χ1n) is 5.11. The van der Waals surface area contributed by atoms with Gasteiger partial charge < -0.3 is 4.89 Å². The number of unbranched alkanes of at least 4 members (excludes halogenated alkanes) is 1. The van der Waals surface area contributed by atoms with E-state index in [1.165, 1.54) is 32.1 Å². The summed E-state index contributed by atoms with van der Waals surface area (Å²) in [5.74, 6) is 2.01. The highest BCUT2D eigenvalue weighted by molar-refractivity contribution is 7.52. The van der Waals surface area contributed by atoms with Gasteiger partial charge in [-0.1, -0.05) is 38.9 Å². The molecule has 0 aliphatic carbocycles. The molecular weight excluding hydrogens is 167 g/mol. The summed E-state index contributed by atoms with van der Waals surface area (Å²) < 4.78 is 0. The van der Waals surface area contributed by atoms with Crippen LogP contribution in [0.5, 0.6) is 0 Å². The van der Waals surface area contributed by atoms with E-state index in [9.17, 15) is 4.89 Å². The summed E-state index contributed by atoms with van der Waals surface area (Å²) in [6.07, 6.45) is 6.15. The number of hydrogen-bond donors (Lipinski definition) is 1. The Morgan fingerprint density at radius 1 is 1.25 bits per heavy atom. The highest BCUT2D eigenvalue weighted by Gasteiger charge is 2.08. The van der Waals surface area contributed by atoms with E-state index in [0.717, 1.165) is 0 Å². The Kier molecular flexibility index (Phi) is 8.06. The summed E-state index contributed by atoms with van der Waals surface area (Å²) >= 11 is 0. The monoisotopic (exact) mass is 190 g/mol. The molecule has 0 aromatic rings. The maximum atomic E-state index is 9.72. The highest BCUT2D eigenvalue weighted by atomic mass is 31.1. The molecule has 0 saturated carbocycles. The molecule has 12 heavy (non-hydrogen) atoms. The Bertz CT molecular complexity index is 132. The maximum Gasteiger partial charge on any atom is -0.00163 e. The van der Waals surface area contributed by atoms with E-state index in [2.05, 4.69) is 13.8 Å². The van der Waals surface area contributed by atoms with Gasteiger partial charge in [0.1, 0.15) is 0 Å². The smallest absolute Gasteiger partial charge is 0.00163 e. The molecule has 74 valence electrons. The standard InChI is InChI=1S/C10H23OP/c1-4-7-9-10(8-5-2)12(11)6-3/h6,10-12H,4-5,7-9H2,1-3H3. The molecule has 0 saturated heterocycles. The molecule has 2 heteroatoms. The van der Waals surface area contributed by atoms with Crippen molar-refractivity contribution < 1.29 is 4.89 Å². The Hall–Kier alpha value is 0.260. The minimum absolute atomic E-state index is 0.602. The van der Waals surface area contributed by atoms with Crippen LogP contribution >= 0.6 is 7.77 Å². The van der Waals surface area contributed by atoms with Crippen molar-refractivity contribution in [2.45, 2.75) is 58.5 Å². The summed E-state index contributed by atoms with van der Waals surface area (Å²) in [6, 6.07) is 0. The van der Waals surface area contributed by atoms with Gasteiger partial charge in [0, 0.05) is 0 Å². The molecule has 0 aromatic carbocycles. The lowest BCUT2D eigenvalue weighted by atomic mass is 10.1. The van der Waals surface area contributed by atoms with Crippen molar-refractivity contribution in [2.24, 2.45) is 0 Å². The summed E-state index contributed by atoms with van der Waals surface area (Å²) in [5, 5.41) is 0. The van der Waals surface area contributed by atoms with Gasteiger partial charge in [0.05, 0.1) is 0 Å². The van der Waals surface area contributed by atoms with Crippen molar-refractivity contribution in [2.75, 3.05) is 0 Å². The molecule has 0 radical (unpaired) electrons. The first-order valence-corrected chi connectivity index (χ1v) is 6.71. The van der Waals surface area contributed by atoms with Crippen LogP contribution in [-0.4, -0.2) is 16.3 Å². The van der Waals surface area contributed by atoms with Crippen LogP contribution in [-0.2, 0) is 0 Å². The molecule has 1 nitrogen and oxygen atoms in total. The lowest BCUT2D eigenvalue weighted by Crippen LogP contribution is -2.02. The fraction of sp³-hybridized carbons (Fsp3) is 0.900. The van der Waals surface area contributed by atoms with Gasteiger partial charge in [-0.2, -0.15) is 0 Å². The largest absolute Gasteiger partial charge is 0.379 e. The molecule has 0 fully saturated rings. The summed E-state index contributed by atoms with van der Waals surface area (Å²) in [6.45, 7) is 6.40. The molecule has 0 heterocycles. The predicted molar refractivity (Wildman–Crippen MR) is 60.5 cm³/mol. The summed E-state index contributed by atoms with van der Waals surface area (Å²) in [4.78, 5) is 9.72. The zero-order valence-corrected chi connectivity index (χ0v) is 9.64. The van der Waals surface area contributed by atoms with Gasteiger partial charge in [0.15, 0.2) is 0 Å². The van der Waals surface area contributed by atoms with E-state index in [4.69, 9.17) is 0 Å². The van der Waals surface area contributed by atoms with Crippen LogP contribution in [0.25, 0.3) is 0 Å². The summed E-state index contributed by atoms with van der Waals surface area (Å²) in [5.41, 5.74) is 0.602. The zero-order valence-electron chi connectivity index (χ0n) is 8.64. The van der Waals surface area contributed by atoms with E-state index in [0.29, 0.717) is 5.66 Å². The van der Waals surface area contributed by atoms with E-state index < -0.39 is 7.77 Å². The molecule has 0 aromatic heterocycles. The van der Waals surface area contributed by atoms with Crippen LogP contribution in [0.3, 0.4) is 0 Å². The lowest BCUT2D eigenvalue weighted by Gasteiger charge is -2.15. The number of hydrogen-bond acceptors (Lipinski definition) is 1. The van der Waals surface area contributed by atoms with E-state index >= 15 is 0 Å². The van der Waals surface area contributed by atoms with Gasteiger partial charge in [-0.25, -0.2) is 0 Å². The first-order chi connectivity index (χ1) is 5.76. The third kappa shape index (κ3) is 5.00. The van der Waals surface area contributed by atoms with Crippen LogP contribution in [0.2, 0.25) is 0 Å². The van der Waals surface area contributed by atoms with Crippen LogP contribution in [0, 0.1) is 0 Å². The lowest BCUT2D eigenvalue weighted by molar-refractivity contribution is 0.572. The van der Waals surface area contributed by atoms with Gasteiger partial charge in [-0.3, -0.25) is 0 Å². The molecule has 0 spiro atoms. The molecule has 2 unspecified atom stereocenters. The average Bonchev–Trinajstić information content (AvgIpc) is 2.11. The van der Waals surface area contributed by atoms with Crippen LogP contribution in [0.4, 0.5) is 0 Å². The van der Waals surface area contributed by atoms with Crippen molar-refractivity contribution in [1.82, 2.24) is 0 Å². The van der Waals surface area contributed by atoms with Crippen molar-refractivity contribution >= 4 is 13.6 Å². The van der Waals surface area contributed by atoms with E-state index in [-0.39, 0.29) is 0 Å². The second kappa shape index (κ2) is 7.89. The van der Waals surface area contributed by atoms with Crippen molar-refractivity contribution in [3.63, 3.8) is 0 Å². The van der Waals surface area contributed by atoms with Crippen LogP contribution < -0.4 is 0 Å². The van der Waals surface area contributed by atoms with Gasteiger partial charge in [0.2, 0.25) is 0 Å². The Balaban J connectivity index is 3.85. The summed E-state index contributed by atoms with van der Waals surface area (Å²) in [7, 11) is -1.13. The van der Waals surface area contributed by atoms with E-state index in [1.54, 1.807) is 0 Å². The van der Waals surface area contributed by atoms with Crippen LogP contribution in [0.15, 0.2) is 0 Å². The molecule has 1 N–H and O–H groups in total. The topological polar surface area (TPSA) is 20.2 Å². The quantitative estimate of drug-likeness (QED) is 0.637. The minimum atomic E-state index is -1.13. The first kappa shape index (κ1) is 12.3. The third-order valence-electron chi connectivity index (χ3n) is 2.26. The van der Waals surface area contributed by atoms with Crippen molar-refractivity contribution in [3.8, 4) is 0 Å². The second-order valence-electron chi connectivity index (χ2n) is 3.34. The highest BCUT2D eigenvalue weighted by Crippen LogP contribution is 2.31. The number of rotatable bonds is 6. The predicted octanol–water partition coefficient (Wildman–Crippen LogP) is 3.29. The molecular formula is C10H23OP. The Labute approximate surface area is 77.7 Å². The normalized spacial score (nSPS) is 16.3. The molecule has 0 rings (SSSR count).